The summed E-state index contributed by atoms with van der Waals surface area (Å²) in [5.74, 6) is 1.54. The van der Waals surface area contributed by atoms with E-state index in [2.05, 4.69) is 4.90 Å². The Labute approximate surface area is 185 Å². The van der Waals surface area contributed by atoms with E-state index in [1.807, 2.05) is 24.3 Å². The number of primary sulfonamides is 1. The molecule has 30 heavy (non-hydrogen) atoms. The maximum Gasteiger partial charge on any atom is 0.238 e. The number of benzene rings is 2. The second-order valence-electron chi connectivity index (χ2n) is 8.20. The van der Waals surface area contributed by atoms with Gasteiger partial charge in [-0.15, -0.1) is 0 Å². The van der Waals surface area contributed by atoms with Crippen LogP contribution in [0, 0.1) is 11.8 Å². The van der Waals surface area contributed by atoms with Gasteiger partial charge in [0.15, 0.2) is 5.13 Å². The third-order valence-corrected chi connectivity index (χ3v) is 8.40. The maximum absolute atomic E-state index is 11.6. The predicted octanol–water partition coefficient (Wildman–Crippen LogP) is 5.01. The zero-order valence-electron chi connectivity index (χ0n) is 16.3. The Morgan fingerprint density at radius 1 is 0.967 bits per heavy atom. The number of sulfonamides is 1. The number of halogens is 1. The van der Waals surface area contributed by atoms with E-state index in [0.29, 0.717) is 5.02 Å². The first-order chi connectivity index (χ1) is 14.4. The summed E-state index contributed by atoms with van der Waals surface area (Å²) in [7, 11) is -3.72. The fourth-order valence-electron chi connectivity index (χ4n) is 4.60. The van der Waals surface area contributed by atoms with Crippen molar-refractivity contribution < 1.29 is 8.42 Å². The molecule has 2 aliphatic rings. The van der Waals surface area contributed by atoms with E-state index in [0.717, 1.165) is 51.8 Å². The van der Waals surface area contributed by atoms with Gasteiger partial charge in [-0.05, 0) is 60.9 Å². The van der Waals surface area contributed by atoms with Crippen molar-refractivity contribution in [3.8, 4) is 21.7 Å². The first kappa shape index (κ1) is 20.0. The monoisotopic (exact) mass is 459 g/mol. The molecule has 2 N–H and O–H groups in total. The molecule has 156 valence electrons. The summed E-state index contributed by atoms with van der Waals surface area (Å²) in [6, 6.07) is 14.4. The number of hydrogen-bond acceptors (Lipinski definition) is 5. The van der Waals surface area contributed by atoms with Gasteiger partial charge in [0.2, 0.25) is 10.0 Å². The Bertz CT molecular complexity index is 1160. The number of nitrogens with two attached hydrogens (primary N) is 1. The molecule has 1 saturated carbocycles. The van der Waals surface area contributed by atoms with Crippen LogP contribution in [0.5, 0.6) is 0 Å². The molecule has 2 aromatic carbocycles. The third kappa shape index (κ3) is 3.87. The molecule has 2 fully saturated rings. The van der Waals surface area contributed by atoms with E-state index in [-0.39, 0.29) is 4.90 Å². The Morgan fingerprint density at radius 2 is 1.57 bits per heavy atom. The average Bonchev–Trinajstić information content (AvgIpc) is 3.31. The molecule has 8 heteroatoms. The van der Waals surface area contributed by atoms with Gasteiger partial charge in [0, 0.05) is 23.7 Å². The summed E-state index contributed by atoms with van der Waals surface area (Å²) in [5, 5.41) is 6.97. The SMILES string of the molecule is NS(=O)(=O)c1ccc(-c2sc(N3CC4CCC(C4)C3)nc2-c2ccc(Cl)cc2)cc1. The Kier molecular flexibility index (Phi) is 5.09. The molecule has 5 nitrogen and oxygen atoms in total. The van der Waals surface area contributed by atoms with Gasteiger partial charge >= 0.3 is 0 Å². The highest BCUT2D eigenvalue weighted by molar-refractivity contribution is 7.89. The quantitative estimate of drug-likeness (QED) is 0.594. The molecule has 1 saturated heterocycles. The maximum atomic E-state index is 11.6. The zero-order chi connectivity index (χ0) is 20.9. The molecule has 2 heterocycles. The molecule has 2 bridgehead atoms. The van der Waals surface area contributed by atoms with E-state index in [9.17, 15) is 8.42 Å². The van der Waals surface area contributed by atoms with Gasteiger partial charge in [0.25, 0.3) is 0 Å². The Morgan fingerprint density at radius 3 is 2.17 bits per heavy atom. The van der Waals surface area contributed by atoms with Gasteiger partial charge in [-0.3, -0.25) is 0 Å². The highest BCUT2D eigenvalue weighted by Gasteiger charge is 2.34. The lowest BCUT2D eigenvalue weighted by molar-refractivity contribution is 0.421. The van der Waals surface area contributed by atoms with Gasteiger partial charge in [-0.2, -0.15) is 0 Å². The molecule has 1 aromatic heterocycles. The van der Waals surface area contributed by atoms with Crippen LogP contribution in [0.1, 0.15) is 19.3 Å². The first-order valence-electron chi connectivity index (χ1n) is 10.0. The Hall–Kier alpha value is -1.93. The van der Waals surface area contributed by atoms with Crippen molar-refractivity contribution in [1.82, 2.24) is 4.98 Å². The van der Waals surface area contributed by atoms with Crippen LogP contribution in [0.4, 0.5) is 5.13 Å². The number of nitrogens with zero attached hydrogens (tertiary/aromatic N) is 2. The zero-order valence-corrected chi connectivity index (χ0v) is 18.7. The van der Waals surface area contributed by atoms with Crippen LogP contribution in [0.2, 0.25) is 5.02 Å². The van der Waals surface area contributed by atoms with E-state index in [1.54, 1.807) is 35.6 Å². The minimum atomic E-state index is -3.72. The van der Waals surface area contributed by atoms with Gasteiger partial charge in [-0.25, -0.2) is 18.5 Å². The van der Waals surface area contributed by atoms with Crippen molar-refractivity contribution >= 4 is 38.1 Å². The number of hydrogen-bond donors (Lipinski definition) is 1. The van der Waals surface area contributed by atoms with Gasteiger partial charge in [-0.1, -0.05) is 47.2 Å². The van der Waals surface area contributed by atoms with Gasteiger partial charge in [0.1, 0.15) is 0 Å². The molecule has 0 spiro atoms. The summed E-state index contributed by atoms with van der Waals surface area (Å²) in [5.41, 5.74) is 2.82. The van der Waals surface area contributed by atoms with Crippen molar-refractivity contribution in [3.63, 3.8) is 0 Å². The molecule has 2 unspecified atom stereocenters. The van der Waals surface area contributed by atoms with Gasteiger partial charge in [0.05, 0.1) is 15.5 Å². The van der Waals surface area contributed by atoms with Gasteiger partial charge < -0.3 is 4.90 Å². The summed E-state index contributed by atoms with van der Waals surface area (Å²) in [4.78, 5) is 8.59. The van der Waals surface area contributed by atoms with E-state index in [1.165, 1.54) is 19.3 Å². The fraction of sp³-hybridized carbons (Fsp3) is 0.318. The lowest BCUT2D eigenvalue weighted by atomic mass is 9.99. The van der Waals surface area contributed by atoms with Crippen molar-refractivity contribution in [2.24, 2.45) is 17.0 Å². The molecule has 0 amide bonds. The lowest BCUT2D eigenvalue weighted by Crippen LogP contribution is -2.36. The minimum absolute atomic E-state index is 0.108. The predicted molar refractivity (Wildman–Crippen MR) is 122 cm³/mol. The number of piperidine rings is 1. The first-order valence-corrected chi connectivity index (χ1v) is 12.8. The van der Waals surface area contributed by atoms with Crippen LogP contribution in [-0.2, 0) is 10.0 Å². The molecular weight excluding hydrogens is 438 g/mol. The van der Waals surface area contributed by atoms with Crippen LogP contribution < -0.4 is 10.0 Å². The highest BCUT2D eigenvalue weighted by Crippen LogP contribution is 2.44. The topological polar surface area (TPSA) is 76.3 Å². The van der Waals surface area contributed by atoms with Crippen LogP contribution in [0.15, 0.2) is 53.4 Å². The van der Waals surface area contributed by atoms with Crippen LogP contribution >= 0.6 is 22.9 Å². The van der Waals surface area contributed by atoms with Crippen molar-refractivity contribution in [3.05, 3.63) is 53.6 Å². The summed E-state index contributed by atoms with van der Waals surface area (Å²) < 4.78 is 23.3. The third-order valence-electron chi connectivity index (χ3n) is 6.06. The van der Waals surface area contributed by atoms with E-state index < -0.39 is 10.0 Å². The fourth-order valence-corrected chi connectivity index (χ4v) is 6.36. The summed E-state index contributed by atoms with van der Waals surface area (Å²) in [6.45, 7) is 2.13. The molecule has 2 atom stereocenters. The normalized spacial score (nSPS) is 21.2. The van der Waals surface area contributed by atoms with E-state index >= 15 is 0 Å². The second kappa shape index (κ2) is 7.64. The number of anilines is 1. The summed E-state index contributed by atoms with van der Waals surface area (Å²) in [6.07, 6.45) is 3.98. The van der Waals surface area contributed by atoms with Crippen LogP contribution in [0.25, 0.3) is 21.7 Å². The van der Waals surface area contributed by atoms with Crippen molar-refractivity contribution in [2.75, 3.05) is 18.0 Å². The largest absolute Gasteiger partial charge is 0.348 e. The molecule has 1 aliphatic heterocycles. The average molecular weight is 460 g/mol. The Balaban J connectivity index is 1.57. The molecule has 0 radical (unpaired) electrons. The van der Waals surface area contributed by atoms with Crippen molar-refractivity contribution in [1.29, 1.82) is 0 Å². The number of aromatic nitrogens is 1. The van der Waals surface area contributed by atoms with Crippen LogP contribution in [0.3, 0.4) is 0 Å². The molecule has 5 rings (SSSR count). The number of rotatable bonds is 4. The number of fused-ring (bicyclic) bond motifs is 2. The lowest BCUT2D eigenvalue weighted by Gasteiger charge is -2.31. The van der Waals surface area contributed by atoms with Crippen molar-refractivity contribution in [2.45, 2.75) is 24.2 Å². The molecule has 1 aliphatic carbocycles. The highest BCUT2D eigenvalue weighted by atomic mass is 35.5. The summed E-state index contributed by atoms with van der Waals surface area (Å²) >= 11 is 7.75. The molecular formula is C22H22ClN3O2S2. The smallest absolute Gasteiger partial charge is 0.238 e. The van der Waals surface area contributed by atoms with Crippen LogP contribution in [-0.4, -0.2) is 26.5 Å². The molecule has 3 aromatic rings. The van der Waals surface area contributed by atoms with E-state index in [4.69, 9.17) is 21.7 Å². The number of thiazole rings is 1. The standard InChI is InChI=1S/C22H22ClN3O2S2/c23-18-7-3-16(4-8-18)20-21(17-5-9-19(10-6-17)30(24,27)28)29-22(25-20)26-12-14-1-2-15(11-14)13-26/h3-10,14-15H,1-2,11-13H2,(H2,24,27,28). The second-order valence-corrected chi connectivity index (χ2v) is 11.2. The minimum Gasteiger partial charge on any atom is -0.348 e.